The Hall–Kier alpha value is -1.46. The smallest absolute Gasteiger partial charge is 0.126 e. The molecule has 0 spiro atoms. The van der Waals surface area contributed by atoms with Gasteiger partial charge in [-0.1, -0.05) is 18.2 Å². The van der Waals surface area contributed by atoms with E-state index in [0.29, 0.717) is 11.2 Å². The van der Waals surface area contributed by atoms with E-state index in [-0.39, 0.29) is 0 Å². The maximum absolute atomic E-state index is 6.10. The van der Waals surface area contributed by atoms with Crippen LogP contribution in [0.1, 0.15) is 17.5 Å². The van der Waals surface area contributed by atoms with Crippen molar-refractivity contribution in [3.8, 4) is 17.2 Å². The molecule has 0 saturated carbocycles. The zero-order valence-corrected chi connectivity index (χ0v) is 16.9. The molecule has 0 amide bonds. The summed E-state index contributed by atoms with van der Waals surface area (Å²) >= 11 is 3.78. The summed E-state index contributed by atoms with van der Waals surface area (Å²) in [6.45, 7) is 0.526. The lowest BCUT2D eigenvalue weighted by Crippen LogP contribution is -2.04. The lowest BCUT2D eigenvalue weighted by Gasteiger charge is -2.17. The molecule has 0 bridgehead atoms. The summed E-state index contributed by atoms with van der Waals surface area (Å²) in [6.07, 6.45) is 6.34. The summed E-state index contributed by atoms with van der Waals surface area (Å²) < 4.78 is 17.4. The molecule has 0 atom stereocenters. The van der Waals surface area contributed by atoms with Crippen molar-refractivity contribution in [1.82, 2.24) is 0 Å². The molecule has 0 aliphatic rings. The zero-order valence-electron chi connectivity index (χ0n) is 15.3. The fourth-order valence-corrected chi connectivity index (χ4v) is 4.07. The molecule has 2 aromatic rings. The third kappa shape index (κ3) is 5.79. The number of hydrogen-bond donors (Lipinski definition) is 0. The van der Waals surface area contributed by atoms with Crippen molar-refractivity contribution in [3.63, 3.8) is 0 Å². The fraction of sp³-hybridized carbons (Fsp3) is 0.400. The van der Waals surface area contributed by atoms with Crippen LogP contribution in [0.2, 0.25) is 0 Å². The average Bonchev–Trinajstić information content (AvgIpc) is 2.67. The van der Waals surface area contributed by atoms with Gasteiger partial charge in [-0.05, 0) is 55.2 Å². The first-order valence-corrected chi connectivity index (χ1v) is 10.8. The fourth-order valence-electron chi connectivity index (χ4n) is 2.60. The number of thioether (sulfide) groups is 2. The molecule has 0 unspecified atom stereocenters. The molecule has 0 radical (unpaired) electrons. The highest BCUT2D eigenvalue weighted by Crippen LogP contribution is 2.33. The number of ether oxygens (including phenoxy) is 3. The number of rotatable bonds is 10. The van der Waals surface area contributed by atoms with Gasteiger partial charge in [0.15, 0.2) is 0 Å². The van der Waals surface area contributed by atoms with Crippen molar-refractivity contribution < 1.29 is 14.2 Å². The van der Waals surface area contributed by atoms with E-state index in [1.54, 1.807) is 14.2 Å². The minimum atomic E-state index is 0.526. The molecule has 0 aromatic heterocycles. The van der Waals surface area contributed by atoms with E-state index >= 15 is 0 Å². The van der Waals surface area contributed by atoms with Gasteiger partial charge in [0.2, 0.25) is 0 Å². The Morgan fingerprint density at radius 2 is 1.56 bits per heavy atom. The first-order valence-electron chi connectivity index (χ1n) is 8.19. The summed E-state index contributed by atoms with van der Waals surface area (Å²) in [6, 6.07) is 14.0. The van der Waals surface area contributed by atoms with Gasteiger partial charge in [0.25, 0.3) is 0 Å². The Labute approximate surface area is 159 Å². The monoisotopic (exact) mass is 378 g/mol. The Morgan fingerprint density at radius 1 is 0.880 bits per heavy atom. The molecule has 0 fully saturated rings. The summed E-state index contributed by atoms with van der Waals surface area (Å²) in [5, 5.41) is 0. The second-order valence-corrected chi connectivity index (χ2v) is 7.89. The number of hydrogen-bond acceptors (Lipinski definition) is 5. The Balaban J connectivity index is 2.10. The number of methoxy groups -OCH3 is 2. The molecule has 2 aromatic carbocycles. The van der Waals surface area contributed by atoms with Gasteiger partial charge in [-0.15, -0.1) is 0 Å². The number of benzene rings is 2. The molecule has 0 aliphatic carbocycles. The van der Waals surface area contributed by atoms with E-state index < -0.39 is 0 Å². The third-order valence-electron chi connectivity index (χ3n) is 4.02. The van der Waals surface area contributed by atoms with Crippen molar-refractivity contribution in [2.75, 3.05) is 26.7 Å². The van der Waals surface area contributed by atoms with Crippen molar-refractivity contribution >= 4 is 23.5 Å². The molecular formula is C20H26O3S2. The standard InChI is InChI=1S/C20H26O3S2/c1-21-16-10-8-15(9-11-16)14-23-19-7-5-6-18(22-2)17(19)12-13-20(24-3)25-4/h5-11,20H,12-14H2,1-4H3. The van der Waals surface area contributed by atoms with E-state index in [2.05, 4.69) is 12.5 Å². The second kappa shape index (κ2) is 10.5. The van der Waals surface area contributed by atoms with Crippen LogP contribution < -0.4 is 14.2 Å². The van der Waals surface area contributed by atoms with Crippen LogP contribution in [0.4, 0.5) is 0 Å². The van der Waals surface area contributed by atoms with E-state index in [0.717, 1.165) is 41.2 Å². The highest BCUT2D eigenvalue weighted by atomic mass is 32.2. The minimum absolute atomic E-state index is 0.526. The maximum Gasteiger partial charge on any atom is 0.126 e. The van der Waals surface area contributed by atoms with E-state index in [9.17, 15) is 0 Å². The molecular weight excluding hydrogens is 352 g/mol. The van der Waals surface area contributed by atoms with Gasteiger partial charge in [0, 0.05) is 10.1 Å². The SMILES string of the molecule is COc1ccc(COc2cccc(OC)c2CCC(SC)SC)cc1. The summed E-state index contributed by atoms with van der Waals surface area (Å²) in [5.41, 5.74) is 2.26. The molecule has 25 heavy (non-hydrogen) atoms. The molecule has 2 rings (SSSR count). The van der Waals surface area contributed by atoms with Gasteiger partial charge < -0.3 is 14.2 Å². The van der Waals surface area contributed by atoms with Crippen LogP contribution in [0.25, 0.3) is 0 Å². The Morgan fingerprint density at radius 3 is 2.16 bits per heavy atom. The summed E-state index contributed by atoms with van der Waals surface area (Å²) in [7, 11) is 3.39. The first kappa shape index (κ1) is 19.9. The minimum Gasteiger partial charge on any atom is -0.497 e. The predicted molar refractivity (Wildman–Crippen MR) is 109 cm³/mol. The topological polar surface area (TPSA) is 27.7 Å². The Bertz CT molecular complexity index is 640. The normalized spacial score (nSPS) is 10.8. The lowest BCUT2D eigenvalue weighted by atomic mass is 10.1. The van der Waals surface area contributed by atoms with Crippen molar-refractivity contribution in [2.24, 2.45) is 0 Å². The van der Waals surface area contributed by atoms with E-state index in [4.69, 9.17) is 14.2 Å². The van der Waals surface area contributed by atoms with Crippen LogP contribution in [-0.2, 0) is 13.0 Å². The quantitative estimate of drug-likeness (QED) is 0.525. The summed E-state index contributed by atoms with van der Waals surface area (Å²) in [4.78, 5) is 0. The van der Waals surface area contributed by atoms with Crippen LogP contribution in [0, 0.1) is 0 Å². The largest absolute Gasteiger partial charge is 0.497 e. The second-order valence-electron chi connectivity index (χ2n) is 5.51. The predicted octanol–water partition coefficient (Wildman–Crippen LogP) is 5.27. The third-order valence-corrected chi connectivity index (χ3v) is 6.70. The van der Waals surface area contributed by atoms with Crippen molar-refractivity contribution in [1.29, 1.82) is 0 Å². The van der Waals surface area contributed by atoms with Crippen LogP contribution >= 0.6 is 23.5 Å². The van der Waals surface area contributed by atoms with Gasteiger partial charge in [0.1, 0.15) is 23.9 Å². The van der Waals surface area contributed by atoms with Gasteiger partial charge in [-0.2, -0.15) is 23.5 Å². The van der Waals surface area contributed by atoms with Crippen molar-refractivity contribution in [2.45, 2.75) is 24.0 Å². The summed E-state index contributed by atoms with van der Waals surface area (Å²) in [5.74, 6) is 2.65. The Kier molecular flexibility index (Phi) is 8.35. The average molecular weight is 379 g/mol. The van der Waals surface area contributed by atoms with Gasteiger partial charge >= 0.3 is 0 Å². The van der Waals surface area contributed by atoms with Crippen LogP contribution in [0.15, 0.2) is 42.5 Å². The van der Waals surface area contributed by atoms with Crippen molar-refractivity contribution in [3.05, 3.63) is 53.6 Å². The highest BCUT2D eigenvalue weighted by molar-refractivity contribution is 8.16. The van der Waals surface area contributed by atoms with Gasteiger partial charge in [0.05, 0.1) is 14.2 Å². The molecule has 5 heteroatoms. The lowest BCUT2D eigenvalue weighted by molar-refractivity contribution is 0.299. The maximum atomic E-state index is 6.10. The van der Waals surface area contributed by atoms with Gasteiger partial charge in [-0.3, -0.25) is 0 Å². The molecule has 0 saturated heterocycles. The van der Waals surface area contributed by atoms with Crippen LogP contribution in [-0.4, -0.2) is 31.3 Å². The molecule has 0 N–H and O–H groups in total. The van der Waals surface area contributed by atoms with Crippen LogP contribution in [0.3, 0.4) is 0 Å². The van der Waals surface area contributed by atoms with Crippen LogP contribution in [0.5, 0.6) is 17.2 Å². The molecule has 136 valence electrons. The molecule has 0 aliphatic heterocycles. The van der Waals surface area contributed by atoms with E-state index in [1.807, 2.05) is 66.0 Å². The van der Waals surface area contributed by atoms with Gasteiger partial charge in [-0.25, -0.2) is 0 Å². The zero-order chi connectivity index (χ0) is 18.1. The first-order chi connectivity index (χ1) is 12.2. The molecule has 0 heterocycles. The highest BCUT2D eigenvalue weighted by Gasteiger charge is 2.13. The molecule has 3 nitrogen and oxygen atoms in total. The van der Waals surface area contributed by atoms with E-state index in [1.165, 1.54) is 0 Å².